The number of carbonyl (C=O) groups is 1. The van der Waals surface area contributed by atoms with Crippen molar-refractivity contribution in [3.05, 3.63) is 42.4 Å². The van der Waals surface area contributed by atoms with Crippen molar-refractivity contribution < 1.29 is 9.53 Å². The molecule has 0 atom stereocenters. The van der Waals surface area contributed by atoms with Crippen LogP contribution in [0.2, 0.25) is 0 Å². The Hall–Kier alpha value is -2.67. The van der Waals surface area contributed by atoms with E-state index in [-0.39, 0.29) is 11.6 Å². The summed E-state index contributed by atoms with van der Waals surface area (Å²) >= 11 is 0. The predicted octanol–water partition coefficient (Wildman–Crippen LogP) is 2.49. The van der Waals surface area contributed by atoms with Crippen LogP contribution in [0.15, 0.2) is 36.7 Å². The van der Waals surface area contributed by atoms with Crippen LogP contribution in [-0.2, 0) is 0 Å². The summed E-state index contributed by atoms with van der Waals surface area (Å²) in [4.78, 5) is 22.7. The summed E-state index contributed by atoms with van der Waals surface area (Å²) in [6.45, 7) is 4.35. The molecule has 25 heavy (non-hydrogen) atoms. The maximum atomic E-state index is 12.2. The molecule has 0 aliphatic rings. The number of carbonyl (C=O) groups excluding carboxylic acids is 1. The number of benzene rings is 1. The van der Waals surface area contributed by atoms with Crippen LogP contribution in [0.3, 0.4) is 0 Å². The number of ether oxygens (including phenoxy) is 1. The number of nitrogens with one attached hydrogen (secondary N) is 2. The average Bonchev–Trinajstić information content (AvgIpc) is 2.61. The van der Waals surface area contributed by atoms with Crippen LogP contribution in [0.4, 0.5) is 11.5 Å². The minimum Gasteiger partial charge on any atom is -0.494 e. The standard InChI is InChI=1S/C18H25N5O2/c1-4-25-15-8-6-14(7-9-15)22-18(24)16-12-21-17(13-20-16)19-10-5-11-23(2)3/h6-9,12-13H,4-5,10-11H2,1-3H3,(H,19,21)(H,22,24). The molecule has 7 heteroatoms. The van der Waals surface area contributed by atoms with Gasteiger partial charge in [0.05, 0.1) is 19.0 Å². The molecule has 0 saturated carbocycles. The summed E-state index contributed by atoms with van der Waals surface area (Å²) in [5.74, 6) is 1.14. The minimum absolute atomic E-state index is 0.271. The van der Waals surface area contributed by atoms with Crippen LogP contribution in [0.1, 0.15) is 23.8 Å². The maximum absolute atomic E-state index is 12.2. The Kier molecular flexibility index (Phi) is 7.16. The lowest BCUT2D eigenvalue weighted by Crippen LogP contribution is -2.17. The highest BCUT2D eigenvalue weighted by Crippen LogP contribution is 2.16. The second kappa shape index (κ2) is 9.58. The molecule has 0 spiro atoms. The molecule has 0 fully saturated rings. The van der Waals surface area contributed by atoms with Crippen LogP contribution in [0.25, 0.3) is 0 Å². The lowest BCUT2D eigenvalue weighted by Gasteiger charge is -2.10. The van der Waals surface area contributed by atoms with E-state index in [0.29, 0.717) is 18.1 Å². The van der Waals surface area contributed by atoms with Crippen molar-refractivity contribution in [2.24, 2.45) is 0 Å². The number of hydrogen-bond acceptors (Lipinski definition) is 6. The molecule has 1 aromatic heterocycles. The fraction of sp³-hybridized carbons (Fsp3) is 0.389. The van der Waals surface area contributed by atoms with Crippen molar-refractivity contribution in [1.29, 1.82) is 0 Å². The number of rotatable bonds is 9. The topological polar surface area (TPSA) is 79.4 Å². The predicted molar refractivity (Wildman–Crippen MR) is 99.3 cm³/mol. The third-order valence-corrected chi connectivity index (χ3v) is 3.40. The van der Waals surface area contributed by atoms with Gasteiger partial charge in [-0.3, -0.25) is 4.79 Å². The Morgan fingerprint density at radius 2 is 1.92 bits per heavy atom. The van der Waals surface area contributed by atoms with Gasteiger partial charge in [-0.25, -0.2) is 9.97 Å². The molecule has 0 unspecified atom stereocenters. The smallest absolute Gasteiger partial charge is 0.275 e. The zero-order chi connectivity index (χ0) is 18.1. The molecule has 0 radical (unpaired) electrons. The summed E-state index contributed by atoms with van der Waals surface area (Å²) in [5, 5.41) is 5.98. The minimum atomic E-state index is -0.296. The SMILES string of the molecule is CCOc1ccc(NC(=O)c2cnc(NCCCN(C)C)cn2)cc1. The molecular formula is C18H25N5O2. The monoisotopic (exact) mass is 343 g/mol. The first-order valence-electron chi connectivity index (χ1n) is 8.33. The van der Waals surface area contributed by atoms with Gasteiger partial charge >= 0.3 is 0 Å². The Balaban J connectivity index is 1.85. The summed E-state index contributed by atoms with van der Waals surface area (Å²) in [5.41, 5.74) is 0.953. The van der Waals surface area contributed by atoms with Crippen LogP contribution in [0, 0.1) is 0 Å². The Labute approximate surface area is 148 Å². The van der Waals surface area contributed by atoms with Crippen LogP contribution in [-0.4, -0.2) is 54.6 Å². The first-order valence-corrected chi connectivity index (χ1v) is 8.33. The van der Waals surface area contributed by atoms with Gasteiger partial charge in [0.15, 0.2) is 0 Å². The first-order chi connectivity index (χ1) is 12.1. The van der Waals surface area contributed by atoms with Crippen molar-refractivity contribution in [3.63, 3.8) is 0 Å². The van der Waals surface area contributed by atoms with Gasteiger partial charge in [0, 0.05) is 12.2 Å². The van der Waals surface area contributed by atoms with Crippen LogP contribution >= 0.6 is 0 Å². The van der Waals surface area contributed by atoms with Crippen molar-refractivity contribution in [2.45, 2.75) is 13.3 Å². The lowest BCUT2D eigenvalue weighted by molar-refractivity contribution is 0.102. The zero-order valence-electron chi connectivity index (χ0n) is 15.0. The molecule has 134 valence electrons. The number of aromatic nitrogens is 2. The molecule has 0 aliphatic carbocycles. The second-order valence-corrected chi connectivity index (χ2v) is 5.78. The Morgan fingerprint density at radius 3 is 2.52 bits per heavy atom. The van der Waals surface area contributed by atoms with E-state index < -0.39 is 0 Å². The van der Waals surface area contributed by atoms with E-state index in [2.05, 4.69) is 25.5 Å². The highest BCUT2D eigenvalue weighted by Gasteiger charge is 2.08. The normalized spacial score (nSPS) is 10.6. The number of nitrogens with zero attached hydrogens (tertiary/aromatic N) is 3. The molecule has 2 aromatic rings. The molecule has 0 bridgehead atoms. The molecule has 2 N–H and O–H groups in total. The van der Waals surface area contributed by atoms with Gasteiger partial charge in [-0.15, -0.1) is 0 Å². The van der Waals surface area contributed by atoms with E-state index in [1.54, 1.807) is 18.3 Å². The van der Waals surface area contributed by atoms with Crippen molar-refractivity contribution in [2.75, 3.05) is 44.4 Å². The molecule has 1 amide bonds. The van der Waals surface area contributed by atoms with E-state index in [0.717, 1.165) is 25.3 Å². The summed E-state index contributed by atoms with van der Waals surface area (Å²) in [6, 6.07) is 7.20. The summed E-state index contributed by atoms with van der Waals surface area (Å²) in [7, 11) is 4.08. The van der Waals surface area contributed by atoms with Gasteiger partial charge in [-0.1, -0.05) is 0 Å². The molecule has 7 nitrogen and oxygen atoms in total. The van der Waals surface area contributed by atoms with Gasteiger partial charge in [-0.05, 0) is 58.3 Å². The highest BCUT2D eigenvalue weighted by atomic mass is 16.5. The molecule has 2 rings (SSSR count). The average molecular weight is 343 g/mol. The molecule has 1 aromatic carbocycles. The quantitative estimate of drug-likeness (QED) is 0.681. The molecule has 1 heterocycles. The Bertz CT molecular complexity index is 656. The van der Waals surface area contributed by atoms with E-state index >= 15 is 0 Å². The van der Waals surface area contributed by atoms with Crippen molar-refractivity contribution in [3.8, 4) is 5.75 Å². The van der Waals surface area contributed by atoms with Crippen molar-refractivity contribution in [1.82, 2.24) is 14.9 Å². The van der Waals surface area contributed by atoms with Gasteiger partial charge in [-0.2, -0.15) is 0 Å². The highest BCUT2D eigenvalue weighted by molar-refractivity contribution is 6.02. The lowest BCUT2D eigenvalue weighted by atomic mass is 10.3. The fourth-order valence-corrected chi connectivity index (χ4v) is 2.14. The largest absolute Gasteiger partial charge is 0.494 e. The van der Waals surface area contributed by atoms with Gasteiger partial charge in [0.25, 0.3) is 5.91 Å². The second-order valence-electron chi connectivity index (χ2n) is 5.78. The molecular weight excluding hydrogens is 318 g/mol. The first kappa shape index (κ1) is 18.7. The number of hydrogen-bond donors (Lipinski definition) is 2. The van der Waals surface area contributed by atoms with Crippen LogP contribution in [0.5, 0.6) is 5.75 Å². The third-order valence-electron chi connectivity index (χ3n) is 3.40. The summed E-state index contributed by atoms with van der Waals surface area (Å²) < 4.78 is 5.37. The van der Waals surface area contributed by atoms with Crippen molar-refractivity contribution >= 4 is 17.4 Å². The fourth-order valence-electron chi connectivity index (χ4n) is 2.14. The number of anilines is 2. The van der Waals surface area contributed by atoms with E-state index in [9.17, 15) is 4.79 Å². The third kappa shape index (κ3) is 6.39. The van der Waals surface area contributed by atoms with Gasteiger partial charge in [0.1, 0.15) is 17.3 Å². The maximum Gasteiger partial charge on any atom is 0.275 e. The number of amides is 1. The van der Waals surface area contributed by atoms with E-state index in [1.807, 2.05) is 33.2 Å². The summed E-state index contributed by atoms with van der Waals surface area (Å²) in [6.07, 6.45) is 4.05. The Morgan fingerprint density at radius 1 is 1.16 bits per heavy atom. The van der Waals surface area contributed by atoms with E-state index in [1.165, 1.54) is 6.20 Å². The zero-order valence-corrected chi connectivity index (χ0v) is 15.0. The molecule has 0 aliphatic heterocycles. The van der Waals surface area contributed by atoms with Crippen LogP contribution < -0.4 is 15.4 Å². The van der Waals surface area contributed by atoms with Gasteiger partial charge < -0.3 is 20.3 Å². The van der Waals surface area contributed by atoms with E-state index in [4.69, 9.17) is 4.74 Å². The molecule has 0 saturated heterocycles. The van der Waals surface area contributed by atoms with Gasteiger partial charge in [0.2, 0.25) is 0 Å².